The van der Waals surface area contributed by atoms with E-state index in [1.807, 2.05) is 0 Å². The van der Waals surface area contributed by atoms with Gasteiger partial charge in [0.25, 0.3) is 15.7 Å². The molecule has 0 saturated heterocycles. The van der Waals surface area contributed by atoms with Crippen LogP contribution in [0.4, 0.5) is 23.2 Å². The minimum absolute atomic E-state index is 0.00468. The molecule has 0 aromatic heterocycles. The summed E-state index contributed by atoms with van der Waals surface area (Å²) >= 11 is 0. The maximum Gasteiger partial charge on any atom is 0.501 e. The van der Waals surface area contributed by atoms with Crippen molar-refractivity contribution >= 4 is 33.3 Å². The lowest BCUT2D eigenvalue weighted by molar-refractivity contribution is -0.122. The molecule has 0 aliphatic heterocycles. The number of carbonyl (C=O) groups is 3. The van der Waals surface area contributed by atoms with E-state index in [1.165, 1.54) is 43.5 Å². The summed E-state index contributed by atoms with van der Waals surface area (Å²) in [5.74, 6) is -4.17. The number of sulfone groups is 1. The van der Waals surface area contributed by atoms with Crippen LogP contribution < -0.4 is 15.4 Å². The fourth-order valence-corrected chi connectivity index (χ4v) is 6.93. The molecule has 2 aliphatic rings. The van der Waals surface area contributed by atoms with Crippen molar-refractivity contribution in [1.29, 1.82) is 0 Å². The Morgan fingerprint density at radius 1 is 0.977 bits per heavy atom. The highest BCUT2D eigenvalue weighted by Crippen LogP contribution is 2.49. The molecular formula is C30H26F4N2O7S. The molecule has 0 heterocycles. The molecule has 2 fully saturated rings. The highest BCUT2D eigenvalue weighted by Gasteiger charge is 2.52. The molecule has 0 radical (unpaired) electrons. The second kappa shape index (κ2) is 11.6. The van der Waals surface area contributed by atoms with Crippen LogP contribution in [0.15, 0.2) is 65.6 Å². The molecule has 5 rings (SSSR count). The highest BCUT2D eigenvalue weighted by atomic mass is 32.2. The standard InChI is InChI=1S/C30H26F4N2O7S/c1-43-24-14-23(31)21(15-5-7-16(8-6-15)29(39)40)13-22(24)27(37)36-26-18-10-9-17(11-18)25(26)28(38)35-19-3-2-4-20(12-19)44(41,42)30(32,33)34/h2-8,12-14,17-18,25-26H,9-11H2,1H3,(H,35,38)(H,36,37)(H,39,40)/t17-,18+,25-,26+/m0/s1. The van der Waals surface area contributed by atoms with Gasteiger partial charge in [-0.05, 0) is 73.1 Å². The third-order valence-corrected chi connectivity index (χ3v) is 9.69. The second-order valence-corrected chi connectivity index (χ2v) is 12.7. The number of alkyl halides is 3. The SMILES string of the molecule is COc1cc(F)c(-c2ccc(C(=O)O)cc2)cc1C(=O)N[C@@H]1[C@@H]2CC[C@@H](C2)[C@@H]1C(=O)Nc1cccc(S(=O)(=O)C(F)(F)F)c1. The third kappa shape index (κ3) is 5.73. The molecule has 14 heteroatoms. The van der Waals surface area contributed by atoms with Crippen LogP contribution >= 0.6 is 0 Å². The summed E-state index contributed by atoms with van der Waals surface area (Å²) in [5.41, 5.74) is -5.36. The van der Waals surface area contributed by atoms with Gasteiger partial charge in [0.1, 0.15) is 11.6 Å². The number of hydrogen-bond acceptors (Lipinski definition) is 6. The lowest BCUT2D eigenvalue weighted by Crippen LogP contribution is -2.48. The zero-order chi connectivity index (χ0) is 32.0. The number of anilines is 1. The van der Waals surface area contributed by atoms with E-state index in [9.17, 15) is 36.0 Å². The normalized spacial score (nSPS) is 21.1. The molecule has 0 unspecified atom stereocenters. The monoisotopic (exact) mass is 634 g/mol. The van der Waals surface area contributed by atoms with Gasteiger partial charge in [0.15, 0.2) is 0 Å². The fourth-order valence-electron chi connectivity index (χ4n) is 6.12. The molecule has 0 spiro atoms. The van der Waals surface area contributed by atoms with Crippen molar-refractivity contribution < 1.29 is 50.2 Å². The number of rotatable bonds is 8. The molecule has 44 heavy (non-hydrogen) atoms. The minimum Gasteiger partial charge on any atom is -0.496 e. The first-order valence-electron chi connectivity index (χ1n) is 13.5. The Hall–Kier alpha value is -4.46. The summed E-state index contributed by atoms with van der Waals surface area (Å²) in [5, 5.41) is 14.5. The van der Waals surface area contributed by atoms with Crippen molar-refractivity contribution in [3.8, 4) is 16.9 Å². The van der Waals surface area contributed by atoms with Crippen molar-refractivity contribution in [1.82, 2.24) is 5.32 Å². The van der Waals surface area contributed by atoms with Crippen molar-refractivity contribution in [3.05, 3.63) is 77.6 Å². The van der Waals surface area contributed by atoms with Gasteiger partial charge in [-0.1, -0.05) is 18.2 Å². The van der Waals surface area contributed by atoms with Gasteiger partial charge in [0.2, 0.25) is 5.91 Å². The molecule has 2 bridgehead atoms. The molecule has 3 aromatic rings. The van der Waals surface area contributed by atoms with Gasteiger partial charge < -0.3 is 20.5 Å². The van der Waals surface area contributed by atoms with Crippen LogP contribution in [0.3, 0.4) is 0 Å². The van der Waals surface area contributed by atoms with Crippen LogP contribution in [-0.4, -0.2) is 50.0 Å². The number of nitrogens with one attached hydrogen (secondary N) is 2. The van der Waals surface area contributed by atoms with Gasteiger partial charge in [-0.25, -0.2) is 17.6 Å². The first-order chi connectivity index (χ1) is 20.7. The van der Waals surface area contributed by atoms with Crippen LogP contribution in [0.1, 0.15) is 40.0 Å². The Bertz CT molecular complexity index is 1740. The minimum atomic E-state index is -5.63. The molecule has 3 aromatic carbocycles. The topological polar surface area (TPSA) is 139 Å². The number of benzene rings is 3. The molecule has 2 aliphatic carbocycles. The molecule has 2 saturated carbocycles. The first kappa shape index (κ1) is 31.0. The first-order valence-corrected chi connectivity index (χ1v) is 14.9. The fraction of sp³-hybridized carbons (Fsp3) is 0.300. The zero-order valence-electron chi connectivity index (χ0n) is 23.0. The number of aromatic carboxylic acids is 1. The number of carboxylic acid groups (broad SMARTS) is 1. The van der Waals surface area contributed by atoms with E-state index in [0.29, 0.717) is 18.4 Å². The predicted molar refractivity (Wildman–Crippen MR) is 149 cm³/mol. The zero-order valence-corrected chi connectivity index (χ0v) is 23.8. The molecule has 9 nitrogen and oxygen atoms in total. The summed E-state index contributed by atoms with van der Waals surface area (Å²) in [4.78, 5) is 37.2. The molecule has 2 amide bonds. The van der Waals surface area contributed by atoms with E-state index in [1.54, 1.807) is 0 Å². The van der Waals surface area contributed by atoms with Crippen LogP contribution in [-0.2, 0) is 14.6 Å². The van der Waals surface area contributed by atoms with Gasteiger partial charge in [0.05, 0.1) is 29.1 Å². The number of carboxylic acids is 1. The number of carbonyl (C=O) groups excluding carboxylic acids is 2. The Balaban J connectivity index is 1.39. The Kier molecular flexibility index (Phi) is 8.14. The average molecular weight is 635 g/mol. The number of methoxy groups -OCH3 is 1. The lowest BCUT2D eigenvalue weighted by Gasteiger charge is -2.31. The number of fused-ring (bicyclic) bond motifs is 2. The molecule has 4 atom stereocenters. The van der Waals surface area contributed by atoms with Crippen molar-refractivity contribution in [2.24, 2.45) is 17.8 Å². The van der Waals surface area contributed by atoms with Crippen LogP contribution in [0.5, 0.6) is 5.75 Å². The predicted octanol–water partition coefficient (Wildman–Crippen LogP) is 5.28. The second-order valence-electron chi connectivity index (χ2n) is 10.7. The summed E-state index contributed by atoms with van der Waals surface area (Å²) in [6.07, 6.45) is 2.03. The Labute approximate surface area is 249 Å². The number of amides is 2. The lowest BCUT2D eigenvalue weighted by atomic mass is 9.83. The van der Waals surface area contributed by atoms with Crippen molar-refractivity contribution in [2.75, 3.05) is 12.4 Å². The van der Waals surface area contributed by atoms with Crippen molar-refractivity contribution in [2.45, 2.75) is 35.7 Å². The molecule has 232 valence electrons. The van der Waals surface area contributed by atoms with Gasteiger partial charge in [0, 0.05) is 23.4 Å². The van der Waals surface area contributed by atoms with Gasteiger partial charge in [-0.2, -0.15) is 13.2 Å². The van der Waals surface area contributed by atoms with Crippen LogP contribution in [0.2, 0.25) is 0 Å². The molecular weight excluding hydrogens is 608 g/mol. The number of halogens is 4. The van der Waals surface area contributed by atoms with E-state index in [-0.39, 0.29) is 40.0 Å². The van der Waals surface area contributed by atoms with Gasteiger partial charge >= 0.3 is 11.5 Å². The summed E-state index contributed by atoms with van der Waals surface area (Å²) in [6.45, 7) is 0. The maximum absolute atomic E-state index is 15.0. The van der Waals surface area contributed by atoms with Gasteiger partial charge in [-0.15, -0.1) is 0 Å². The van der Waals surface area contributed by atoms with Crippen LogP contribution in [0, 0.1) is 23.6 Å². The average Bonchev–Trinajstić information content (AvgIpc) is 3.58. The van der Waals surface area contributed by atoms with Crippen LogP contribution in [0.25, 0.3) is 11.1 Å². The van der Waals surface area contributed by atoms with E-state index in [4.69, 9.17) is 9.84 Å². The third-order valence-electron chi connectivity index (χ3n) is 8.21. The van der Waals surface area contributed by atoms with E-state index < -0.39 is 55.8 Å². The summed E-state index contributed by atoms with van der Waals surface area (Å²) < 4.78 is 83.1. The van der Waals surface area contributed by atoms with E-state index >= 15 is 4.39 Å². The quantitative estimate of drug-likeness (QED) is 0.287. The Morgan fingerprint density at radius 3 is 2.30 bits per heavy atom. The number of ether oxygens (including phenoxy) is 1. The molecule has 3 N–H and O–H groups in total. The summed E-state index contributed by atoms with van der Waals surface area (Å²) in [7, 11) is -4.37. The smallest absolute Gasteiger partial charge is 0.496 e. The summed E-state index contributed by atoms with van der Waals surface area (Å²) in [6, 6.07) is 10.9. The number of hydrogen-bond donors (Lipinski definition) is 3. The van der Waals surface area contributed by atoms with Crippen molar-refractivity contribution in [3.63, 3.8) is 0 Å². The highest BCUT2D eigenvalue weighted by molar-refractivity contribution is 7.92. The maximum atomic E-state index is 15.0. The largest absolute Gasteiger partial charge is 0.501 e. The van der Waals surface area contributed by atoms with E-state index in [2.05, 4.69) is 10.6 Å². The van der Waals surface area contributed by atoms with Gasteiger partial charge in [-0.3, -0.25) is 9.59 Å². The Morgan fingerprint density at radius 2 is 1.66 bits per heavy atom. The van der Waals surface area contributed by atoms with E-state index in [0.717, 1.165) is 30.7 Å².